The van der Waals surface area contributed by atoms with Crippen LogP contribution >= 0.6 is 11.3 Å². The second-order valence-corrected chi connectivity index (χ2v) is 8.11. The molecule has 1 N–H and O–H groups in total. The van der Waals surface area contributed by atoms with Gasteiger partial charge in [-0.2, -0.15) is 0 Å². The molecule has 148 valence electrons. The predicted molar refractivity (Wildman–Crippen MR) is 120 cm³/mol. The fourth-order valence-corrected chi connectivity index (χ4v) is 4.25. The lowest BCUT2D eigenvalue weighted by molar-refractivity contribution is 0.0703. The molecule has 0 aliphatic heterocycles. The third-order valence-electron chi connectivity index (χ3n) is 4.62. The summed E-state index contributed by atoms with van der Waals surface area (Å²) in [5.74, 6) is -1.28. The number of thiophene rings is 1. The van der Waals surface area contributed by atoms with Crippen LogP contribution in [0.5, 0.6) is 0 Å². The maximum atomic E-state index is 13.5. The third kappa shape index (κ3) is 4.15. The molecule has 29 heavy (non-hydrogen) atoms. The summed E-state index contributed by atoms with van der Waals surface area (Å²) in [5, 5.41) is 9.80. The Morgan fingerprint density at radius 2 is 1.79 bits per heavy atom. The second kappa shape index (κ2) is 8.45. The van der Waals surface area contributed by atoms with Crippen molar-refractivity contribution in [3.05, 3.63) is 82.7 Å². The molecule has 0 atom stereocenters. The van der Waals surface area contributed by atoms with Crippen LogP contribution in [0.3, 0.4) is 0 Å². The third-order valence-corrected chi connectivity index (χ3v) is 5.78. The average molecular weight is 406 g/mol. The summed E-state index contributed by atoms with van der Waals surface area (Å²) in [7, 11) is 0. The molecule has 4 nitrogen and oxygen atoms in total. The van der Waals surface area contributed by atoms with Crippen LogP contribution in [0.2, 0.25) is 0 Å². The first-order chi connectivity index (χ1) is 13.8. The Bertz CT molecular complexity index is 1070. The van der Waals surface area contributed by atoms with E-state index in [9.17, 15) is 14.7 Å². The van der Waals surface area contributed by atoms with Gasteiger partial charge in [-0.3, -0.25) is 4.79 Å². The highest BCUT2D eigenvalue weighted by molar-refractivity contribution is 7.18. The van der Waals surface area contributed by atoms with Gasteiger partial charge in [0.25, 0.3) is 5.91 Å². The van der Waals surface area contributed by atoms with Gasteiger partial charge in [-0.15, -0.1) is 11.3 Å². The molecule has 2 aromatic carbocycles. The minimum Gasteiger partial charge on any atom is -0.477 e. The Balaban J connectivity index is 2.15. The predicted octanol–water partition coefficient (Wildman–Crippen LogP) is 6.12. The second-order valence-electron chi connectivity index (χ2n) is 7.06. The van der Waals surface area contributed by atoms with Gasteiger partial charge in [0.2, 0.25) is 0 Å². The Kier molecular flexibility index (Phi) is 5.99. The number of carbonyl (C=O) groups is 2. The summed E-state index contributed by atoms with van der Waals surface area (Å²) in [6.45, 7) is 9.53. The van der Waals surface area contributed by atoms with E-state index in [1.165, 1.54) is 11.3 Å². The van der Waals surface area contributed by atoms with Crippen LogP contribution in [0.25, 0.3) is 16.5 Å². The zero-order valence-corrected chi connectivity index (χ0v) is 17.5. The van der Waals surface area contributed by atoms with Crippen molar-refractivity contribution in [1.82, 2.24) is 0 Å². The molecule has 3 rings (SSSR count). The van der Waals surface area contributed by atoms with Gasteiger partial charge in [-0.1, -0.05) is 60.7 Å². The highest BCUT2D eigenvalue weighted by Crippen LogP contribution is 2.38. The van der Waals surface area contributed by atoms with E-state index in [1.807, 2.05) is 63.2 Å². The first-order valence-corrected chi connectivity index (χ1v) is 10.1. The monoisotopic (exact) mass is 405 g/mol. The van der Waals surface area contributed by atoms with Crippen LogP contribution in [0.15, 0.2) is 61.2 Å². The zero-order chi connectivity index (χ0) is 21.1. The van der Waals surface area contributed by atoms with E-state index in [4.69, 9.17) is 0 Å². The van der Waals surface area contributed by atoms with Gasteiger partial charge < -0.3 is 10.0 Å². The molecule has 0 saturated carbocycles. The van der Waals surface area contributed by atoms with Gasteiger partial charge in [-0.25, -0.2) is 4.79 Å². The van der Waals surface area contributed by atoms with E-state index in [2.05, 4.69) is 6.58 Å². The molecule has 3 aromatic rings. The number of anilines is 1. The van der Waals surface area contributed by atoms with E-state index >= 15 is 0 Å². The summed E-state index contributed by atoms with van der Waals surface area (Å²) in [6, 6.07) is 16.7. The largest absolute Gasteiger partial charge is 0.477 e. The molecule has 0 radical (unpaired) electrons. The molecular formula is C24H23NO3S. The summed E-state index contributed by atoms with van der Waals surface area (Å²) in [4.78, 5) is 28.0. The van der Waals surface area contributed by atoms with Gasteiger partial charge in [0.1, 0.15) is 4.88 Å². The molecule has 0 unspecified atom stereocenters. The fraction of sp³-hybridized carbons (Fsp3) is 0.167. The van der Waals surface area contributed by atoms with Crippen molar-refractivity contribution in [1.29, 1.82) is 0 Å². The minimum atomic E-state index is -1.04. The number of hydrogen-bond donors (Lipinski definition) is 1. The molecule has 0 spiro atoms. The van der Waals surface area contributed by atoms with Gasteiger partial charge in [0.05, 0.1) is 5.69 Å². The number of rotatable bonds is 6. The van der Waals surface area contributed by atoms with Crippen LogP contribution in [-0.2, 0) is 0 Å². The first-order valence-electron chi connectivity index (χ1n) is 9.32. The lowest BCUT2D eigenvalue weighted by atomic mass is 10.0. The lowest BCUT2D eigenvalue weighted by Crippen LogP contribution is -2.38. The topological polar surface area (TPSA) is 57.6 Å². The van der Waals surface area contributed by atoms with Crippen LogP contribution < -0.4 is 4.90 Å². The summed E-state index contributed by atoms with van der Waals surface area (Å²) >= 11 is 1.18. The number of carboxylic acid groups (broad SMARTS) is 1. The van der Waals surface area contributed by atoms with Crippen molar-refractivity contribution in [3.63, 3.8) is 0 Å². The molecule has 0 bridgehead atoms. The molecule has 0 aliphatic rings. The Labute approximate surface area is 174 Å². The quantitative estimate of drug-likeness (QED) is 0.537. The zero-order valence-electron chi connectivity index (χ0n) is 16.7. The SMILES string of the molecule is C=Cc1cc(C)ccc1C(=O)N(c1cc(-c2ccccc2)sc1C(=O)O)C(C)C. The van der Waals surface area contributed by atoms with E-state index in [0.717, 1.165) is 21.6 Å². The molecule has 1 amide bonds. The van der Waals surface area contributed by atoms with Crippen molar-refractivity contribution >= 4 is 35.0 Å². The Morgan fingerprint density at radius 3 is 2.38 bits per heavy atom. The molecule has 1 heterocycles. The van der Waals surface area contributed by atoms with E-state index in [-0.39, 0.29) is 16.8 Å². The highest BCUT2D eigenvalue weighted by Gasteiger charge is 2.29. The lowest BCUT2D eigenvalue weighted by Gasteiger charge is -2.27. The number of carboxylic acids is 1. The summed E-state index contributed by atoms with van der Waals surface area (Å²) in [6.07, 6.45) is 1.65. The standard InChI is InChI=1S/C24H23NO3S/c1-5-17-13-16(4)11-12-19(17)23(26)25(15(2)3)20-14-21(29-22(20)24(27)28)18-9-7-6-8-10-18/h5-15H,1H2,2-4H3,(H,27,28). The Hall–Kier alpha value is -3.18. The normalized spacial score (nSPS) is 10.8. The van der Waals surface area contributed by atoms with E-state index in [0.29, 0.717) is 11.3 Å². The van der Waals surface area contributed by atoms with Crippen LogP contribution in [0.4, 0.5) is 5.69 Å². The maximum Gasteiger partial charge on any atom is 0.348 e. The van der Waals surface area contributed by atoms with Gasteiger partial charge >= 0.3 is 5.97 Å². The van der Waals surface area contributed by atoms with Gasteiger partial charge in [-0.05, 0) is 44.0 Å². The maximum absolute atomic E-state index is 13.5. The minimum absolute atomic E-state index is 0.151. The van der Waals surface area contributed by atoms with Crippen molar-refractivity contribution in [3.8, 4) is 10.4 Å². The molecule has 5 heteroatoms. The first kappa shape index (κ1) is 20.6. The number of hydrogen-bond acceptors (Lipinski definition) is 3. The molecule has 1 aromatic heterocycles. The summed E-state index contributed by atoms with van der Waals surface area (Å²) in [5.41, 5.74) is 3.60. The fourth-order valence-electron chi connectivity index (χ4n) is 3.26. The van der Waals surface area contributed by atoms with Crippen LogP contribution in [-0.4, -0.2) is 23.0 Å². The van der Waals surface area contributed by atoms with Crippen LogP contribution in [0.1, 0.15) is 45.0 Å². The smallest absolute Gasteiger partial charge is 0.348 e. The van der Waals surface area contributed by atoms with Crippen molar-refractivity contribution < 1.29 is 14.7 Å². The molecule has 0 saturated heterocycles. The van der Waals surface area contributed by atoms with Crippen molar-refractivity contribution in [2.24, 2.45) is 0 Å². The van der Waals surface area contributed by atoms with E-state index < -0.39 is 5.97 Å². The number of carbonyl (C=O) groups excluding carboxylic acids is 1. The number of benzene rings is 2. The van der Waals surface area contributed by atoms with E-state index in [1.54, 1.807) is 23.1 Å². The van der Waals surface area contributed by atoms with Crippen LogP contribution in [0, 0.1) is 6.92 Å². The number of aryl methyl sites for hydroxylation is 1. The Morgan fingerprint density at radius 1 is 1.10 bits per heavy atom. The molecular weight excluding hydrogens is 382 g/mol. The number of amides is 1. The van der Waals surface area contributed by atoms with Gasteiger partial charge in [0.15, 0.2) is 0 Å². The summed E-state index contributed by atoms with van der Waals surface area (Å²) < 4.78 is 0. The molecule has 0 fully saturated rings. The molecule has 0 aliphatic carbocycles. The number of nitrogens with zero attached hydrogens (tertiary/aromatic N) is 1. The van der Waals surface area contributed by atoms with Crippen molar-refractivity contribution in [2.45, 2.75) is 26.8 Å². The number of aromatic carboxylic acids is 1. The highest BCUT2D eigenvalue weighted by atomic mass is 32.1. The van der Waals surface area contributed by atoms with Gasteiger partial charge in [0, 0.05) is 16.5 Å². The average Bonchev–Trinajstić information content (AvgIpc) is 3.13. The van der Waals surface area contributed by atoms with Crippen molar-refractivity contribution in [2.75, 3.05) is 4.90 Å².